The van der Waals surface area contributed by atoms with Crippen molar-refractivity contribution in [3.8, 4) is 22.4 Å². The number of likely N-dealkylation sites (tertiary alicyclic amines) is 2. The number of aromatic nitrogens is 4. The summed E-state index contributed by atoms with van der Waals surface area (Å²) >= 11 is 6.71. The molecule has 268 valence electrons. The Morgan fingerprint density at radius 2 is 1.24 bits per heavy atom. The molecule has 0 aliphatic carbocycles. The summed E-state index contributed by atoms with van der Waals surface area (Å²) in [5.41, 5.74) is 4.35. The van der Waals surface area contributed by atoms with Crippen LogP contribution in [-0.2, 0) is 9.47 Å². The van der Waals surface area contributed by atoms with Crippen LogP contribution in [0.2, 0.25) is 5.15 Å². The number of nitrogens with zero attached hydrogens (tertiary/aromatic N) is 4. The van der Waals surface area contributed by atoms with E-state index in [4.69, 9.17) is 31.0 Å². The van der Waals surface area contributed by atoms with E-state index in [1.807, 2.05) is 65.5 Å². The van der Waals surface area contributed by atoms with Gasteiger partial charge in [0.15, 0.2) is 0 Å². The first kappa shape index (κ1) is 34.9. The fourth-order valence-electron chi connectivity index (χ4n) is 7.45. The second-order valence-corrected chi connectivity index (χ2v) is 16.4. The average Bonchev–Trinajstić information content (AvgIpc) is 3.83. The third-order valence-electron chi connectivity index (χ3n) is 9.83. The Bertz CT molecular complexity index is 2110. The summed E-state index contributed by atoms with van der Waals surface area (Å²) < 4.78 is 11.5. The Balaban J connectivity index is 1.12. The monoisotopic (exact) mass is 710 g/mol. The molecule has 3 aromatic carbocycles. The molecule has 4 atom stereocenters. The normalized spacial score (nSPS) is 21.2. The third-order valence-corrected chi connectivity index (χ3v) is 10.1. The molecule has 0 unspecified atom stereocenters. The lowest BCUT2D eigenvalue weighted by Gasteiger charge is -2.30. The van der Waals surface area contributed by atoms with Crippen molar-refractivity contribution in [3.63, 3.8) is 0 Å². The molecule has 10 nitrogen and oxygen atoms in total. The fourth-order valence-corrected chi connectivity index (χ4v) is 7.69. The molecule has 5 aromatic rings. The molecule has 51 heavy (non-hydrogen) atoms. The number of ether oxygens (including phenoxy) is 2. The molecule has 0 radical (unpaired) electrons. The van der Waals surface area contributed by atoms with Crippen LogP contribution in [0.5, 0.6) is 0 Å². The molecule has 0 saturated carbocycles. The molecule has 2 amide bonds. The van der Waals surface area contributed by atoms with E-state index in [1.165, 1.54) is 0 Å². The van der Waals surface area contributed by atoms with Crippen molar-refractivity contribution < 1.29 is 19.1 Å². The van der Waals surface area contributed by atoms with Crippen molar-refractivity contribution in [1.29, 1.82) is 0 Å². The van der Waals surface area contributed by atoms with E-state index in [2.05, 4.69) is 59.4 Å². The number of nitrogens with one attached hydrogen (secondary N) is 2. The van der Waals surface area contributed by atoms with E-state index in [1.54, 1.807) is 4.90 Å². The van der Waals surface area contributed by atoms with Crippen LogP contribution in [0.1, 0.15) is 105 Å². The number of benzene rings is 3. The Kier molecular flexibility index (Phi) is 8.81. The van der Waals surface area contributed by atoms with E-state index >= 15 is 0 Å². The van der Waals surface area contributed by atoms with Gasteiger partial charge < -0.3 is 19.4 Å². The van der Waals surface area contributed by atoms with Crippen molar-refractivity contribution in [2.45, 2.75) is 116 Å². The number of hydrogen-bond acceptors (Lipinski definition) is 6. The molecule has 11 heteroatoms. The van der Waals surface area contributed by atoms with Gasteiger partial charge in [0, 0.05) is 23.0 Å². The van der Waals surface area contributed by atoms with Gasteiger partial charge in [0.05, 0.1) is 23.1 Å². The SMILES string of the molecule is C[C@H]1CC[C@@H](c2nc(-c3ccc(-c4ccc5c(ccc6[nH]c([C@@H]7CC[C@H](C)N7C(=O)OC(C)(C)C)nc65)c4)cc3)c(Cl)[nH]2)N1C(=O)OC(C)(C)C. The summed E-state index contributed by atoms with van der Waals surface area (Å²) in [5, 5.41) is 2.56. The minimum atomic E-state index is -0.585. The van der Waals surface area contributed by atoms with Crippen LogP contribution < -0.4 is 0 Å². The van der Waals surface area contributed by atoms with Gasteiger partial charge in [-0.15, -0.1) is 0 Å². The number of amides is 2. The summed E-state index contributed by atoms with van der Waals surface area (Å²) in [7, 11) is 0. The van der Waals surface area contributed by atoms with Gasteiger partial charge in [0.1, 0.15) is 33.7 Å². The van der Waals surface area contributed by atoms with E-state index in [0.717, 1.165) is 70.0 Å². The maximum absolute atomic E-state index is 13.1. The van der Waals surface area contributed by atoms with E-state index in [0.29, 0.717) is 16.7 Å². The maximum atomic E-state index is 13.1. The van der Waals surface area contributed by atoms with Crippen LogP contribution in [0.25, 0.3) is 44.2 Å². The van der Waals surface area contributed by atoms with Crippen LogP contribution in [0.15, 0.2) is 54.6 Å². The van der Waals surface area contributed by atoms with Crippen LogP contribution >= 0.6 is 11.6 Å². The Morgan fingerprint density at radius 3 is 1.80 bits per heavy atom. The molecular formula is C40H47ClN6O4. The van der Waals surface area contributed by atoms with Crippen LogP contribution in [0.4, 0.5) is 9.59 Å². The second kappa shape index (κ2) is 12.9. The van der Waals surface area contributed by atoms with Gasteiger partial charge in [0.25, 0.3) is 0 Å². The van der Waals surface area contributed by atoms with E-state index < -0.39 is 11.2 Å². The molecule has 2 fully saturated rings. The van der Waals surface area contributed by atoms with E-state index in [9.17, 15) is 9.59 Å². The highest BCUT2D eigenvalue weighted by Gasteiger charge is 2.41. The summed E-state index contributed by atoms with van der Waals surface area (Å²) in [6.07, 6.45) is 2.71. The quantitative estimate of drug-likeness (QED) is 0.192. The first-order valence-electron chi connectivity index (χ1n) is 17.9. The lowest BCUT2D eigenvalue weighted by molar-refractivity contribution is 0.0141. The highest BCUT2D eigenvalue weighted by atomic mass is 35.5. The topological polar surface area (TPSA) is 116 Å². The molecule has 2 N–H and O–H groups in total. The molecule has 0 bridgehead atoms. The van der Waals surface area contributed by atoms with Gasteiger partial charge in [-0.05, 0) is 110 Å². The van der Waals surface area contributed by atoms with E-state index in [-0.39, 0.29) is 36.4 Å². The zero-order valence-electron chi connectivity index (χ0n) is 30.6. The third kappa shape index (κ3) is 6.90. The smallest absolute Gasteiger partial charge is 0.411 e. The average molecular weight is 711 g/mol. The van der Waals surface area contributed by atoms with Gasteiger partial charge in [0.2, 0.25) is 0 Å². The van der Waals surface area contributed by atoms with Gasteiger partial charge in [-0.2, -0.15) is 0 Å². The Hall–Kier alpha value is -4.57. The molecule has 2 aliphatic heterocycles. The van der Waals surface area contributed by atoms with Gasteiger partial charge in [-0.1, -0.05) is 54.1 Å². The fraction of sp³-hybridized carbons (Fsp3) is 0.450. The van der Waals surface area contributed by atoms with Gasteiger partial charge in [-0.3, -0.25) is 9.80 Å². The zero-order valence-corrected chi connectivity index (χ0v) is 31.4. The number of imidazole rings is 2. The molecule has 2 aliphatic rings. The maximum Gasteiger partial charge on any atom is 0.411 e. The van der Waals surface area contributed by atoms with Crippen LogP contribution in [-0.4, -0.2) is 65.2 Å². The summed E-state index contributed by atoms with van der Waals surface area (Å²) in [5.74, 6) is 1.45. The first-order chi connectivity index (χ1) is 24.1. The highest BCUT2D eigenvalue weighted by Crippen LogP contribution is 2.40. The number of fused-ring (bicyclic) bond motifs is 3. The Morgan fingerprint density at radius 1 is 0.706 bits per heavy atom. The number of carbonyl (C=O) groups is 2. The van der Waals surface area contributed by atoms with Gasteiger partial charge >= 0.3 is 12.2 Å². The number of rotatable bonds is 4. The van der Waals surface area contributed by atoms with Gasteiger partial charge in [-0.25, -0.2) is 19.6 Å². The molecule has 2 aromatic heterocycles. The summed E-state index contributed by atoms with van der Waals surface area (Å²) in [6.45, 7) is 15.4. The zero-order chi connectivity index (χ0) is 36.4. The van der Waals surface area contributed by atoms with Crippen LogP contribution in [0.3, 0.4) is 0 Å². The largest absolute Gasteiger partial charge is 0.444 e. The number of hydrogen-bond donors (Lipinski definition) is 2. The highest BCUT2D eigenvalue weighted by molar-refractivity contribution is 6.32. The number of carbonyl (C=O) groups excluding carboxylic acids is 2. The lowest BCUT2D eigenvalue weighted by Crippen LogP contribution is -2.40. The summed E-state index contributed by atoms with van der Waals surface area (Å²) in [4.78, 5) is 46.5. The standard InChI is InChI=1S/C40H47ClN6O4/c1-22-9-19-30(46(22)37(48)50-39(3,4)5)35-42-29-18-16-27-21-26(15-17-28(27)33(29)44-35)24-11-13-25(14-12-24)32-34(41)45-36(43-32)31-20-10-23(2)47(31)38(49)51-40(6,7)8/h11-18,21-23,30-31H,9-10,19-20H2,1-8H3,(H,42,44)(H,43,45)/t22-,23-,30-,31-/m0/s1. The molecular weight excluding hydrogens is 664 g/mol. The summed E-state index contributed by atoms with van der Waals surface area (Å²) in [6, 6.07) is 18.5. The number of aromatic amines is 2. The minimum absolute atomic E-state index is 0.0372. The molecule has 2 saturated heterocycles. The predicted molar refractivity (Wildman–Crippen MR) is 201 cm³/mol. The van der Waals surface area contributed by atoms with Crippen molar-refractivity contribution in [2.75, 3.05) is 0 Å². The van der Waals surface area contributed by atoms with Crippen LogP contribution in [0, 0.1) is 0 Å². The Labute approximate surface area is 303 Å². The number of halogens is 1. The van der Waals surface area contributed by atoms with Crippen molar-refractivity contribution in [1.82, 2.24) is 29.7 Å². The van der Waals surface area contributed by atoms with Crippen molar-refractivity contribution >= 4 is 45.6 Å². The van der Waals surface area contributed by atoms with Crippen molar-refractivity contribution in [2.24, 2.45) is 0 Å². The first-order valence-corrected chi connectivity index (χ1v) is 18.3. The molecule has 4 heterocycles. The second-order valence-electron chi connectivity index (χ2n) is 16.0. The minimum Gasteiger partial charge on any atom is -0.444 e. The molecule has 7 rings (SSSR count). The number of H-pyrrole nitrogens is 2. The van der Waals surface area contributed by atoms with Crippen molar-refractivity contribution in [3.05, 3.63) is 71.4 Å². The predicted octanol–water partition coefficient (Wildman–Crippen LogP) is 10.3. The lowest BCUT2D eigenvalue weighted by atomic mass is 9.99. The molecule has 0 spiro atoms.